The predicted molar refractivity (Wildman–Crippen MR) is 128 cm³/mol. The van der Waals surface area contributed by atoms with Gasteiger partial charge in [0.15, 0.2) is 0 Å². The minimum atomic E-state index is 0. The molecule has 0 amide bonds. The summed E-state index contributed by atoms with van der Waals surface area (Å²) in [6.07, 6.45) is 5.43. The molecule has 0 unspecified atom stereocenters. The number of halogens is 1. The highest BCUT2D eigenvalue weighted by molar-refractivity contribution is 14.0. The number of hydrogen-bond donors (Lipinski definition) is 0. The van der Waals surface area contributed by atoms with Crippen LogP contribution >= 0.6 is 24.0 Å². The second kappa shape index (κ2) is 12.0. The first-order valence-corrected chi connectivity index (χ1v) is 9.57. The summed E-state index contributed by atoms with van der Waals surface area (Å²) in [6, 6.07) is 17.8. The van der Waals surface area contributed by atoms with Gasteiger partial charge in [-0.3, -0.25) is 0 Å². The van der Waals surface area contributed by atoms with Gasteiger partial charge in [0.1, 0.15) is 0 Å². The summed E-state index contributed by atoms with van der Waals surface area (Å²) in [6.45, 7) is 13.0. The third-order valence-electron chi connectivity index (χ3n) is 4.75. The van der Waals surface area contributed by atoms with E-state index in [9.17, 15) is 0 Å². The first kappa shape index (κ1) is 22.6. The summed E-state index contributed by atoms with van der Waals surface area (Å²) in [7, 11) is 0. The Bertz CT molecular complexity index is 639. The van der Waals surface area contributed by atoms with Crippen molar-refractivity contribution >= 4 is 41.4 Å². The number of rotatable bonds is 9. The zero-order valence-corrected chi connectivity index (χ0v) is 18.9. The number of anilines is 2. The van der Waals surface area contributed by atoms with Crippen molar-refractivity contribution in [3.05, 3.63) is 65.7 Å². The molecule has 0 saturated carbocycles. The lowest BCUT2D eigenvalue weighted by atomic mass is 10.1. The zero-order valence-electron chi connectivity index (χ0n) is 16.6. The maximum Gasteiger partial charge on any atom is 0.0366 e. The van der Waals surface area contributed by atoms with Gasteiger partial charge in [-0.2, -0.15) is 0 Å². The maximum absolute atomic E-state index is 2.37. The number of nitrogens with zero attached hydrogens (tertiary/aromatic N) is 2. The fourth-order valence-electron chi connectivity index (χ4n) is 3.15. The molecule has 0 spiro atoms. The molecule has 0 aliphatic heterocycles. The highest BCUT2D eigenvalue weighted by Gasteiger charge is 2.01. The van der Waals surface area contributed by atoms with Gasteiger partial charge < -0.3 is 9.80 Å². The third-order valence-corrected chi connectivity index (χ3v) is 4.75. The molecule has 3 heteroatoms. The standard InChI is InChI=1S/C23H32N2.HI/c1-5-24(6-2)22-16-12-20(13-17-22)10-9-11-21-14-18-23(19-15-21)25(7-3)8-4;/h9-10,12-19H,5-8,11H2,1-4H3;1H. The Morgan fingerprint density at radius 1 is 0.654 bits per heavy atom. The van der Waals surface area contributed by atoms with Crippen molar-refractivity contribution in [2.75, 3.05) is 36.0 Å². The molecular formula is C23H33IN2. The molecule has 2 rings (SSSR count). The van der Waals surface area contributed by atoms with E-state index >= 15 is 0 Å². The molecule has 0 saturated heterocycles. The van der Waals surface area contributed by atoms with E-state index in [1.54, 1.807) is 0 Å². The molecule has 26 heavy (non-hydrogen) atoms. The summed E-state index contributed by atoms with van der Waals surface area (Å²) < 4.78 is 0. The predicted octanol–water partition coefficient (Wildman–Crippen LogP) is 6.25. The van der Waals surface area contributed by atoms with Crippen molar-refractivity contribution in [3.8, 4) is 0 Å². The minimum absolute atomic E-state index is 0. The first-order chi connectivity index (χ1) is 12.2. The van der Waals surface area contributed by atoms with Crippen LogP contribution < -0.4 is 9.80 Å². The summed E-state index contributed by atoms with van der Waals surface area (Å²) in [5.41, 5.74) is 5.22. The zero-order chi connectivity index (χ0) is 18.1. The number of allylic oxidation sites excluding steroid dienone is 1. The molecular weight excluding hydrogens is 431 g/mol. The lowest BCUT2D eigenvalue weighted by Gasteiger charge is -2.21. The van der Waals surface area contributed by atoms with Crippen molar-refractivity contribution in [1.82, 2.24) is 0 Å². The fraction of sp³-hybridized carbons (Fsp3) is 0.391. The van der Waals surface area contributed by atoms with Gasteiger partial charge in [0.05, 0.1) is 0 Å². The van der Waals surface area contributed by atoms with Crippen LogP contribution in [0.1, 0.15) is 38.8 Å². The van der Waals surface area contributed by atoms with Gasteiger partial charge in [0.25, 0.3) is 0 Å². The molecule has 0 fully saturated rings. The van der Waals surface area contributed by atoms with E-state index in [1.807, 2.05) is 0 Å². The highest BCUT2D eigenvalue weighted by Crippen LogP contribution is 2.17. The van der Waals surface area contributed by atoms with Crippen molar-refractivity contribution < 1.29 is 0 Å². The molecule has 0 aliphatic carbocycles. The molecule has 0 N–H and O–H groups in total. The molecule has 0 heterocycles. The molecule has 2 aromatic carbocycles. The summed E-state index contributed by atoms with van der Waals surface area (Å²) in [5.74, 6) is 0. The molecule has 0 atom stereocenters. The quantitative estimate of drug-likeness (QED) is 0.405. The van der Waals surface area contributed by atoms with E-state index < -0.39 is 0 Å². The number of hydrogen-bond acceptors (Lipinski definition) is 2. The van der Waals surface area contributed by atoms with E-state index in [4.69, 9.17) is 0 Å². The van der Waals surface area contributed by atoms with E-state index in [-0.39, 0.29) is 24.0 Å². The monoisotopic (exact) mass is 464 g/mol. The minimum Gasteiger partial charge on any atom is -0.372 e. The van der Waals surface area contributed by atoms with Crippen molar-refractivity contribution in [3.63, 3.8) is 0 Å². The largest absolute Gasteiger partial charge is 0.372 e. The SMILES string of the molecule is CCN(CC)c1ccc(C=CCc2ccc(N(CC)CC)cc2)cc1.I. The van der Waals surface area contributed by atoms with Crippen LogP contribution in [0.15, 0.2) is 54.6 Å². The smallest absolute Gasteiger partial charge is 0.0366 e. The van der Waals surface area contributed by atoms with Crippen molar-refractivity contribution in [2.24, 2.45) is 0 Å². The molecule has 0 bridgehead atoms. The van der Waals surface area contributed by atoms with Gasteiger partial charge in [0, 0.05) is 37.6 Å². The fourth-order valence-corrected chi connectivity index (χ4v) is 3.15. The van der Waals surface area contributed by atoms with E-state index in [0.29, 0.717) is 0 Å². The third kappa shape index (κ3) is 6.35. The van der Waals surface area contributed by atoms with E-state index in [2.05, 4.69) is 98.2 Å². The van der Waals surface area contributed by atoms with Crippen LogP contribution in [-0.2, 0) is 6.42 Å². The van der Waals surface area contributed by atoms with Gasteiger partial charge in [-0.15, -0.1) is 24.0 Å². The van der Waals surface area contributed by atoms with Crippen LogP contribution in [-0.4, -0.2) is 26.2 Å². The van der Waals surface area contributed by atoms with Gasteiger partial charge in [0.2, 0.25) is 0 Å². The number of benzene rings is 2. The summed E-state index contributed by atoms with van der Waals surface area (Å²) in [5, 5.41) is 0. The Morgan fingerprint density at radius 2 is 1.08 bits per heavy atom. The Morgan fingerprint density at radius 3 is 1.50 bits per heavy atom. The van der Waals surface area contributed by atoms with Gasteiger partial charge in [-0.05, 0) is 69.5 Å². The lowest BCUT2D eigenvalue weighted by molar-refractivity contribution is 0.866. The van der Waals surface area contributed by atoms with Crippen LogP contribution in [0, 0.1) is 0 Å². The molecule has 0 radical (unpaired) electrons. The highest BCUT2D eigenvalue weighted by atomic mass is 127. The van der Waals surface area contributed by atoms with Gasteiger partial charge in [-0.1, -0.05) is 36.4 Å². The topological polar surface area (TPSA) is 6.48 Å². The maximum atomic E-state index is 2.37. The van der Waals surface area contributed by atoms with Gasteiger partial charge >= 0.3 is 0 Å². The Hall–Kier alpha value is -1.49. The Labute approximate surface area is 176 Å². The summed E-state index contributed by atoms with van der Waals surface area (Å²) >= 11 is 0. The Kier molecular flexibility index (Phi) is 10.4. The molecule has 2 aromatic rings. The molecule has 0 aliphatic rings. The van der Waals surface area contributed by atoms with Crippen molar-refractivity contribution in [1.29, 1.82) is 0 Å². The molecule has 2 nitrogen and oxygen atoms in total. The lowest BCUT2D eigenvalue weighted by Crippen LogP contribution is -2.21. The summed E-state index contributed by atoms with van der Waals surface area (Å²) in [4.78, 5) is 4.74. The molecule has 142 valence electrons. The van der Waals surface area contributed by atoms with Crippen LogP contribution in [0.25, 0.3) is 6.08 Å². The average molecular weight is 464 g/mol. The van der Waals surface area contributed by atoms with Crippen LogP contribution in [0.2, 0.25) is 0 Å². The second-order valence-corrected chi connectivity index (χ2v) is 6.21. The first-order valence-electron chi connectivity index (χ1n) is 9.57. The van der Waals surface area contributed by atoms with Crippen LogP contribution in [0.3, 0.4) is 0 Å². The van der Waals surface area contributed by atoms with Gasteiger partial charge in [-0.25, -0.2) is 0 Å². The second-order valence-electron chi connectivity index (χ2n) is 6.21. The van der Waals surface area contributed by atoms with Crippen LogP contribution in [0.5, 0.6) is 0 Å². The van der Waals surface area contributed by atoms with Crippen molar-refractivity contribution in [2.45, 2.75) is 34.1 Å². The Balaban J connectivity index is 0.00000338. The van der Waals surface area contributed by atoms with Crippen LogP contribution in [0.4, 0.5) is 11.4 Å². The molecule has 0 aromatic heterocycles. The normalized spacial score (nSPS) is 10.6. The van der Waals surface area contributed by atoms with E-state index in [0.717, 1.165) is 32.6 Å². The van der Waals surface area contributed by atoms with E-state index in [1.165, 1.54) is 22.5 Å². The average Bonchev–Trinajstić information content (AvgIpc) is 2.66.